The topological polar surface area (TPSA) is 79.3 Å². The van der Waals surface area contributed by atoms with Gasteiger partial charge in [0, 0.05) is 43.0 Å². The molecule has 0 atom stereocenters. The van der Waals surface area contributed by atoms with Gasteiger partial charge in [0.2, 0.25) is 0 Å². The van der Waals surface area contributed by atoms with E-state index in [1.54, 1.807) is 43.3 Å². The van der Waals surface area contributed by atoms with Gasteiger partial charge in [-0.2, -0.15) is 0 Å². The van der Waals surface area contributed by atoms with E-state index in [2.05, 4.69) is 4.90 Å². The van der Waals surface area contributed by atoms with Crippen LogP contribution in [0.25, 0.3) is 0 Å². The van der Waals surface area contributed by atoms with Crippen LogP contribution in [0.15, 0.2) is 42.5 Å². The first-order chi connectivity index (χ1) is 13.5. The van der Waals surface area contributed by atoms with Crippen LogP contribution in [0.4, 0.5) is 10.5 Å². The molecule has 1 fully saturated rings. The van der Waals surface area contributed by atoms with Gasteiger partial charge in [0.25, 0.3) is 0 Å². The Morgan fingerprint density at radius 1 is 1.11 bits per heavy atom. The molecule has 0 bridgehead atoms. The van der Waals surface area contributed by atoms with Crippen molar-refractivity contribution < 1.29 is 24.2 Å². The van der Waals surface area contributed by atoms with Crippen molar-refractivity contribution in [3.05, 3.63) is 53.1 Å². The zero-order chi connectivity index (χ0) is 20.1. The van der Waals surface area contributed by atoms with E-state index in [4.69, 9.17) is 26.2 Å². The summed E-state index contributed by atoms with van der Waals surface area (Å²) in [6, 6.07) is 12.2. The SMILES string of the molecule is CCOC(=O)c1ccc(N2CCN(C(=O)O)CC2)cc1Oc1cccc(Cl)c1. The number of rotatable bonds is 5. The van der Waals surface area contributed by atoms with Gasteiger partial charge in [-0.1, -0.05) is 17.7 Å². The molecule has 2 aromatic carbocycles. The van der Waals surface area contributed by atoms with E-state index in [0.717, 1.165) is 5.69 Å². The molecule has 7 nitrogen and oxygen atoms in total. The van der Waals surface area contributed by atoms with E-state index in [0.29, 0.717) is 48.3 Å². The summed E-state index contributed by atoms with van der Waals surface area (Å²) >= 11 is 6.02. The minimum absolute atomic E-state index is 0.258. The maximum Gasteiger partial charge on any atom is 0.407 e. The highest BCUT2D eigenvalue weighted by atomic mass is 35.5. The van der Waals surface area contributed by atoms with E-state index >= 15 is 0 Å². The lowest BCUT2D eigenvalue weighted by Crippen LogP contribution is -2.48. The van der Waals surface area contributed by atoms with Gasteiger partial charge in [0.05, 0.1) is 6.61 Å². The van der Waals surface area contributed by atoms with Gasteiger partial charge in [-0.3, -0.25) is 0 Å². The predicted molar refractivity (Wildman–Crippen MR) is 106 cm³/mol. The fourth-order valence-corrected chi connectivity index (χ4v) is 3.16. The highest BCUT2D eigenvalue weighted by Gasteiger charge is 2.22. The van der Waals surface area contributed by atoms with Crippen molar-refractivity contribution in [2.24, 2.45) is 0 Å². The Labute approximate surface area is 168 Å². The average molecular weight is 405 g/mol. The highest BCUT2D eigenvalue weighted by Crippen LogP contribution is 2.32. The number of nitrogens with zero attached hydrogens (tertiary/aromatic N) is 2. The van der Waals surface area contributed by atoms with Crippen LogP contribution in [0.3, 0.4) is 0 Å². The molecular weight excluding hydrogens is 384 g/mol. The highest BCUT2D eigenvalue weighted by molar-refractivity contribution is 6.30. The monoisotopic (exact) mass is 404 g/mol. The van der Waals surface area contributed by atoms with Gasteiger partial charge >= 0.3 is 12.1 Å². The van der Waals surface area contributed by atoms with E-state index in [1.165, 1.54) is 4.90 Å². The molecule has 0 radical (unpaired) electrons. The molecule has 0 saturated carbocycles. The Morgan fingerprint density at radius 2 is 1.86 bits per heavy atom. The molecule has 1 saturated heterocycles. The largest absolute Gasteiger partial charge is 0.465 e. The molecule has 0 spiro atoms. The van der Waals surface area contributed by atoms with Crippen molar-refractivity contribution in [2.45, 2.75) is 6.92 Å². The minimum atomic E-state index is -0.915. The van der Waals surface area contributed by atoms with Crippen molar-refractivity contribution in [3.8, 4) is 11.5 Å². The quantitative estimate of drug-likeness (QED) is 0.755. The number of anilines is 1. The molecule has 3 rings (SSSR count). The van der Waals surface area contributed by atoms with Gasteiger partial charge in [-0.25, -0.2) is 9.59 Å². The van der Waals surface area contributed by atoms with Crippen LogP contribution in [0.2, 0.25) is 5.02 Å². The van der Waals surface area contributed by atoms with Crippen molar-refractivity contribution in [3.63, 3.8) is 0 Å². The van der Waals surface area contributed by atoms with Gasteiger partial charge < -0.3 is 24.4 Å². The normalized spacial score (nSPS) is 13.9. The maximum atomic E-state index is 12.3. The summed E-state index contributed by atoms with van der Waals surface area (Å²) < 4.78 is 11.1. The summed E-state index contributed by atoms with van der Waals surface area (Å²) in [4.78, 5) is 26.8. The van der Waals surface area contributed by atoms with E-state index in [9.17, 15) is 9.59 Å². The Hall–Kier alpha value is -2.93. The summed E-state index contributed by atoms with van der Waals surface area (Å²) in [6.07, 6.45) is -0.915. The van der Waals surface area contributed by atoms with Crippen LogP contribution in [-0.4, -0.2) is 54.9 Å². The molecule has 8 heteroatoms. The number of halogens is 1. The zero-order valence-electron chi connectivity index (χ0n) is 15.4. The third-order valence-corrected chi connectivity index (χ3v) is 4.63. The molecule has 0 aromatic heterocycles. The molecule has 148 valence electrons. The molecule has 1 N–H and O–H groups in total. The minimum Gasteiger partial charge on any atom is -0.465 e. The molecule has 1 amide bonds. The lowest BCUT2D eigenvalue weighted by atomic mass is 10.1. The van der Waals surface area contributed by atoms with Gasteiger partial charge in [-0.15, -0.1) is 0 Å². The molecule has 0 unspecified atom stereocenters. The van der Waals surface area contributed by atoms with Crippen LogP contribution in [-0.2, 0) is 4.74 Å². The first kappa shape index (κ1) is 19.8. The third kappa shape index (κ3) is 4.67. The van der Waals surface area contributed by atoms with Crippen LogP contribution in [0.1, 0.15) is 17.3 Å². The van der Waals surface area contributed by atoms with Crippen LogP contribution in [0, 0.1) is 0 Å². The van der Waals surface area contributed by atoms with Gasteiger partial charge in [0.1, 0.15) is 17.1 Å². The molecule has 1 heterocycles. The second-order valence-electron chi connectivity index (χ2n) is 6.22. The van der Waals surface area contributed by atoms with Crippen LogP contribution >= 0.6 is 11.6 Å². The summed E-state index contributed by atoms with van der Waals surface area (Å²) in [6.45, 7) is 3.95. The van der Waals surface area contributed by atoms with E-state index in [1.807, 2.05) is 6.07 Å². The number of ether oxygens (including phenoxy) is 2. The Kier molecular flexibility index (Phi) is 6.26. The average Bonchev–Trinajstić information content (AvgIpc) is 2.68. The number of carbonyl (C=O) groups excluding carboxylic acids is 1. The van der Waals surface area contributed by atoms with Crippen molar-refractivity contribution in [1.29, 1.82) is 0 Å². The molecule has 1 aliphatic rings. The van der Waals surface area contributed by atoms with Crippen molar-refractivity contribution in [2.75, 3.05) is 37.7 Å². The molecule has 1 aliphatic heterocycles. The number of carbonyl (C=O) groups is 2. The second kappa shape index (κ2) is 8.84. The smallest absolute Gasteiger partial charge is 0.407 e. The lowest BCUT2D eigenvalue weighted by Gasteiger charge is -2.34. The number of piperazine rings is 1. The Morgan fingerprint density at radius 3 is 2.50 bits per heavy atom. The molecular formula is C20H21ClN2O5. The Bertz CT molecular complexity index is 865. The summed E-state index contributed by atoms with van der Waals surface area (Å²) in [7, 11) is 0. The predicted octanol–water partition coefficient (Wildman–Crippen LogP) is 4.11. The number of hydrogen-bond donors (Lipinski definition) is 1. The fraction of sp³-hybridized carbons (Fsp3) is 0.300. The number of amides is 1. The van der Waals surface area contributed by atoms with Crippen LogP contribution in [0.5, 0.6) is 11.5 Å². The summed E-state index contributed by atoms with van der Waals surface area (Å²) in [5.41, 5.74) is 1.16. The van der Waals surface area contributed by atoms with Gasteiger partial charge in [-0.05, 0) is 37.3 Å². The maximum absolute atomic E-state index is 12.3. The lowest BCUT2D eigenvalue weighted by molar-refractivity contribution is 0.0523. The molecule has 28 heavy (non-hydrogen) atoms. The van der Waals surface area contributed by atoms with Crippen LogP contribution < -0.4 is 9.64 Å². The number of carboxylic acid groups (broad SMARTS) is 1. The molecule has 2 aromatic rings. The number of benzene rings is 2. The second-order valence-corrected chi connectivity index (χ2v) is 6.65. The fourth-order valence-electron chi connectivity index (χ4n) is 2.98. The standard InChI is InChI=1S/C20H21ClN2O5/c1-2-27-19(24)17-7-6-15(22-8-10-23(11-9-22)20(25)26)13-18(17)28-16-5-3-4-14(21)12-16/h3-7,12-13H,2,8-11H2,1H3,(H,25,26). The number of esters is 1. The van der Waals surface area contributed by atoms with Gasteiger partial charge in [0.15, 0.2) is 0 Å². The van der Waals surface area contributed by atoms with E-state index in [-0.39, 0.29) is 6.61 Å². The number of hydrogen-bond acceptors (Lipinski definition) is 5. The van der Waals surface area contributed by atoms with Crippen molar-refractivity contribution >= 4 is 29.4 Å². The summed E-state index contributed by atoms with van der Waals surface area (Å²) in [5, 5.41) is 9.62. The molecule has 0 aliphatic carbocycles. The first-order valence-electron chi connectivity index (χ1n) is 8.95. The van der Waals surface area contributed by atoms with Crippen molar-refractivity contribution in [1.82, 2.24) is 4.90 Å². The third-order valence-electron chi connectivity index (χ3n) is 4.40. The Balaban J connectivity index is 1.87. The first-order valence-corrected chi connectivity index (χ1v) is 9.33. The zero-order valence-corrected chi connectivity index (χ0v) is 16.2. The van der Waals surface area contributed by atoms with E-state index < -0.39 is 12.1 Å². The summed E-state index contributed by atoms with van der Waals surface area (Å²) in [5.74, 6) is 0.395.